The number of carbonyl (C=O) groups excluding carboxylic acids is 4. The van der Waals surface area contributed by atoms with E-state index < -0.39 is 28.7 Å². The summed E-state index contributed by atoms with van der Waals surface area (Å²) in [5.41, 5.74) is 7.84. The molecule has 0 unspecified atom stereocenters. The molecule has 12 heteroatoms. The minimum absolute atomic E-state index is 0.168. The van der Waals surface area contributed by atoms with Gasteiger partial charge in [0.2, 0.25) is 0 Å². The van der Waals surface area contributed by atoms with E-state index in [0.29, 0.717) is 16.9 Å². The van der Waals surface area contributed by atoms with Gasteiger partial charge in [0.25, 0.3) is 5.69 Å². The van der Waals surface area contributed by atoms with Crippen LogP contribution in [0, 0.1) is 10.1 Å². The fourth-order valence-corrected chi connectivity index (χ4v) is 3.25. The number of hydrogen-bond acceptors (Lipinski definition) is 9. The van der Waals surface area contributed by atoms with Crippen LogP contribution in [0.4, 0.5) is 22.7 Å². The molecule has 0 atom stereocenters. The van der Waals surface area contributed by atoms with Gasteiger partial charge in [-0.25, -0.2) is 9.59 Å². The standard InChI is InChI=1S/C13H16N2O5.C13H18N2O3/c1-13(2,3)9-6-5-8(15(18)19)7-10(9)14-11(16)12(17)20-4;1-13(2,3)9-6-5-8(14)7-10(9)15-11(16)12(17)18-4/h5-7H,1-4H3,(H,14,16);5-7H,14H2,1-4H3,(H,15,16). The predicted octanol–water partition coefficient (Wildman–Crippen LogP) is 3.68. The molecule has 12 nitrogen and oxygen atoms in total. The third-order valence-corrected chi connectivity index (χ3v) is 5.11. The lowest BCUT2D eigenvalue weighted by atomic mass is 9.85. The van der Waals surface area contributed by atoms with Crippen LogP contribution < -0.4 is 16.4 Å². The highest BCUT2D eigenvalue weighted by molar-refractivity contribution is 6.37. The van der Waals surface area contributed by atoms with E-state index in [9.17, 15) is 29.3 Å². The number of methoxy groups -OCH3 is 2. The number of nitrogens with zero attached hydrogens (tertiary/aromatic N) is 1. The van der Waals surface area contributed by atoms with Gasteiger partial charge in [-0.1, -0.05) is 47.6 Å². The molecular weight excluding hydrogens is 496 g/mol. The molecule has 0 aliphatic carbocycles. The van der Waals surface area contributed by atoms with Crippen molar-refractivity contribution in [1.29, 1.82) is 0 Å². The molecule has 0 spiro atoms. The molecule has 0 saturated heterocycles. The Kier molecular flexibility index (Phi) is 10.5. The zero-order valence-electron chi connectivity index (χ0n) is 22.8. The second kappa shape index (κ2) is 12.7. The molecule has 2 aromatic carbocycles. The molecule has 0 radical (unpaired) electrons. The number of nitrogens with one attached hydrogen (secondary N) is 2. The average molecular weight is 531 g/mol. The topological polar surface area (TPSA) is 180 Å². The van der Waals surface area contributed by atoms with Crippen molar-refractivity contribution in [3.8, 4) is 0 Å². The van der Waals surface area contributed by atoms with E-state index in [1.165, 1.54) is 12.1 Å². The smallest absolute Gasteiger partial charge is 0.396 e. The fraction of sp³-hybridized carbons (Fsp3) is 0.385. The van der Waals surface area contributed by atoms with Crippen LogP contribution in [0.5, 0.6) is 0 Å². The third-order valence-electron chi connectivity index (χ3n) is 5.11. The Bertz CT molecular complexity index is 1230. The number of nitro benzene ring substituents is 1. The van der Waals surface area contributed by atoms with Gasteiger partial charge < -0.3 is 25.8 Å². The van der Waals surface area contributed by atoms with Crippen molar-refractivity contribution in [2.45, 2.75) is 52.4 Å². The van der Waals surface area contributed by atoms with Crippen LogP contribution in [0.2, 0.25) is 0 Å². The van der Waals surface area contributed by atoms with E-state index in [2.05, 4.69) is 20.1 Å². The molecule has 0 aliphatic rings. The number of amides is 2. The predicted molar refractivity (Wildman–Crippen MR) is 143 cm³/mol. The average Bonchev–Trinajstić information content (AvgIpc) is 2.81. The van der Waals surface area contributed by atoms with Crippen molar-refractivity contribution in [1.82, 2.24) is 0 Å². The van der Waals surface area contributed by atoms with E-state index in [0.717, 1.165) is 19.8 Å². The van der Waals surface area contributed by atoms with E-state index in [-0.39, 0.29) is 22.2 Å². The normalized spacial score (nSPS) is 10.8. The number of non-ortho nitro benzene ring substituents is 1. The number of carbonyl (C=O) groups is 4. The number of nitro groups is 1. The van der Waals surface area contributed by atoms with Crippen molar-refractivity contribution in [3.63, 3.8) is 0 Å². The molecule has 0 bridgehead atoms. The maximum absolute atomic E-state index is 11.5. The lowest BCUT2D eigenvalue weighted by Crippen LogP contribution is -2.26. The Morgan fingerprint density at radius 1 is 0.763 bits per heavy atom. The van der Waals surface area contributed by atoms with E-state index in [4.69, 9.17) is 5.73 Å². The summed E-state index contributed by atoms with van der Waals surface area (Å²) in [6.45, 7) is 11.7. The maximum atomic E-state index is 11.5. The fourth-order valence-electron chi connectivity index (χ4n) is 3.25. The van der Waals surface area contributed by atoms with Gasteiger partial charge in [0.1, 0.15) is 0 Å². The summed E-state index contributed by atoms with van der Waals surface area (Å²) in [5, 5.41) is 15.7. The third kappa shape index (κ3) is 8.87. The molecule has 4 N–H and O–H groups in total. The van der Waals surface area contributed by atoms with Crippen molar-refractivity contribution < 1.29 is 33.6 Å². The number of rotatable bonds is 3. The maximum Gasteiger partial charge on any atom is 0.396 e. The number of nitrogens with two attached hydrogens (primary N) is 1. The van der Waals surface area contributed by atoms with Crippen LogP contribution in [0.15, 0.2) is 36.4 Å². The highest BCUT2D eigenvalue weighted by Gasteiger charge is 2.24. The van der Waals surface area contributed by atoms with E-state index in [1.54, 1.807) is 18.2 Å². The van der Waals surface area contributed by atoms with Crippen LogP contribution in [0.1, 0.15) is 52.7 Å². The molecule has 0 fully saturated rings. The van der Waals surface area contributed by atoms with E-state index >= 15 is 0 Å². The first kappa shape index (κ1) is 31.5. The Morgan fingerprint density at radius 3 is 1.53 bits per heavy atom. The Hall–Kier alpha value is -4.48. The first-order valence-corrected chi connectivity index (χ1v) is 11.4. The molecular formula is C26H34N4O8. The molecule has 38 heavy (non-hydrogen) atoms. The molecule has 0 aromatic heterocycles. The van der Waals surface area contributed by atoms with Gasteiger partial charge in [0, 0.05) is 23.5 Å². The van der Waals surface area contributed by atoms with Gasteiger partial charge in [-0.15, -0.1) is 0 Å². The zero-order chi connectivity index (χ0) is 29.4. The van der Waals surface area contributed by atoms with Crippen LogP contribution >= 0.6 is 0 Å². The summed E-state index contributed by atoms with van der Waals surface area (Å²) in [6, 6.07) is 9.36. The number of hydrogen-bond donors (Lipinski definition) is 3. The first-order valence-electron chi connectivity index (χ1n) is 11.4. The summed E-state index contributed by atoms with van der Waals surface area (Å²) in [4.78, 5) is 55.5. The van der Waals surface area contributed by atoms with Crippen molar-refractivity contribution in [2.24, 2.45) is 0 Å². The highest BCUT2D eigenvalue weighted by Crippen LogP contribution is 2.33. The van der Waals surface area contributed by atoms with Crippen LogP contribution in [0.3, 0.4) is 0 Å². The molecule has 2 amide bonds. The van der Waals surface area contributed by atoms with Crippen molar-refractivity contribution in [3.05, 3.63) is 57.6 Å². The summed E-state index contributed by atoms with van der Waals surface area (Å²) >= 11 is 0. The number of ether oxygens (including phenoxy) is 2. The summed E-state index contributed by atoms with van der Waals surface area (Å²) in [7, 11) is 2.24. The van der Waals surface area contributed by atoms with Crippen LogP contribution in [-0.2, 0) is 39.5 Å². The second-order valence-electron chi connectivity index (χ2n) is 10.2. The molecule has 0 saturated carbocycles. The van der Waals surface area contributed by atoms with Gasteiger partial charge in [0.05, 0.1) is 24.8 Å². The summed E-state index contributed by atoms with van der Waals surface area (Å²) in [5.74, 6) is -3.78. The van der Waals surface area contributed by atoms with Gasteiger partial charge in [0.15, 0.2) is 0 Å². The quantitative estimate of drug-likeness (QED) is 0.175. The van der Waals surface area contributed by atoms with Gasteiger partial charge in [-0.2, -0.15) is 0 Å². The zero-order valence-corrected chi connectivity index (χ0v) is 22.8. The Balaban J connectivity index is 0.000000382. The highest BCUT2D eigenvalue weighted by atomic mass is 16.6. The number of anilines is 3. The SMILES string of the molecule is COC(=O)C(=O)Nc1cc(N)ccc1C(C)(C)C.COC(=O)C(=O)Nc1cc([N+](=O)[O-])ccc1C(C)(C)C. The van der Waals surface area contributed by atoms with Crippen molar-refractivity contribution >= 4 is 46.5 Å². The first-order chi connectivity index (χ1) is 17.4. The summed E-state index contributed by atoms with van der Waals surface area (Å²) < 4.78 is 8.66. The van der Waals surface area contributed by atoms with E-state index in [1.807, 2.05) is 47.6 Å². The Labute approximate surface area is 221 Å². The minimum Gasteiger partial charge on any atom is -0.462 e. The molecule has 206 valence electrons. The largest absolute Gasteiger partial charge is 0.462 e. The van der Waals surface area contributed by atoms with Crippen LogP contribution in [-0.4, -0.2) is 42.9 Å². The number of esters is 2. The molecule has 2 aromatic rings. The molecule has 2 rings (SSSR count). The van der Waals surface area contributed by atoms with Gasteiger partial charge >= 0.3 is 23.8 Å². The lowest BCUT2D eigenvalue weighted by Gasteiger charge is -2.23. The monoisotopic (exact) mass is 530 g/mol. The summed E-state index contributed by atoms with van der Waals surface area (Å²) in [6.07, 6.45) is 0. The minimum atomic E-state index is -1.06. The van der Waals surface area contributed by atoms with Gasteiger partial charge in [-0.05, 0) is 40.2 Å². The lowest BCUT2D eigenvalue weighted by molar-refractivity contribution is -0.384. The molecule has 0 heterocycles. The number of benzene rings is 2. The van der Waals surface area contributed by atoms with Gasteiger partial charge in [-0.3, -0.25) is 19.7 Å². The van der Waals surface area contributed by atoms with Crippen LogP contribution in [0.25, 0.3) is 0 Å². The Morgan fingerprint density at radius 2 is 1.16 bits per heavy atom. The van der Waals surface area contributed by atoms with Crippen molar-refractivity contribution in [2.75, 3.05) is 30.6 Å². The second-order valence-corrected chi connectivity index (χ2v) is 10.2. The number of nitrogen functional groups attached to an aromatic ring is 1. The molecule has 0 aliphatic heterocycles.